The van der Waals surface area contributed by atoms with Crippen LogP contribution < -0.4 is 10.0 Å². The van der Waals surface area contributed by atoms with E-state index in [0.29, 0.717) is 18.7 Å². The Balaban J connectivity index is 1.53. The molecule has 1 aromatic carbocycles. The van der Waals surface area contributed by atoms with Crippen LogP contribution in [0.15, 0.2) is 23.2 Å². The number of alkyl halides is 3. The van der Waals surface area contributed by atoms with Crippen LogP contribution in [0.25, 0.3) is 0 Å². The lowest BCUT2D eigenvalue weighted by molar-refractivity contribution is -0.336. The smallest absolute Gasteiger partial charge is 0.346 e. The zero-order valence-electron chi connectivity index (χ0n) is 15.6. The first-order valence-corrected chi connectivity index (χ1v) is 10.7. The monoisotopic (exact) mass is 430 g/mol. The van der Waals surface area contributed by atoms with Crippen LogP contribution in [0.3, 0.4) is 0 Å². The highest BCUT2D eigenvalue weighted by atomic mass is 32.2. The molecule has 0 spiro atoms. The van der Waals surface area contributed by atoms with E-state index in [2.05, 4.69) is 21.7 Å². The maximum Gasteiger partial charge on any atom is 0.394 e. The molecular weight excluding hydrogens is 409 g/mol. The first-order valence-electron chi connectivity index (χ1n) is 9.22. The van der Waals surface area contributed by atoms with E-state index in [0.717, 1.165) is 6.42 Å². The number of halogens is 3. The first-order chi connectivity index (χ1) is 13.5. The second kappa shape index (κ2) is 6.43. The van der Waals surface area contributed by atoms with Gasteiger partial charge in [0.15, 0.2) is 0 Å². The Morgan fingerprint density at radius 1 is 1.24 bits per heavy atom. The minimum Gasteiger partial charge on any atom is -0.346 e. The molecule has 5 rings (SSSR count). The van der Waals surface area contributed by atoms with Crippen LogP contribution in [0, 0.1) is 5.41 Å². The molecule has 7 nitrogen and oxygen atoms in total. The molecule has 1 aliphatic heterocycles. The summed E-state index contributed by atoms with van der Waals surface area (Å²) in [4.78, 5) is 16.5. The van der Waals surface area contributed by atoms with Crippen LogP contribution in [-0.2, 0) is 16.8 Å². The molecule has 29 heavy (non-hydrogen) atoms. The second-order valence-corrected chi connectivity index (χ2v) is 9.83. The third-order valence-corrected chi connectivity index (χ3v) is 7.55. The van der Waals surface area contributed by atoms with E-state index < -0.39 is 33.2 Å². The molecule has 3 saturated carbocycles. The van der Waals surface area contributed by atoms with Crippen LogP contribution in [0.2, 0.25) is 0 Å². The second-order valence-electron chi connectivity index (χ2n) is 8.16. The molecule has 4 aliphatic rings. The number of hydrogen-bond acceptors (Lipinski definition) is 4. The number of nitrogens with one attached hydrogen (secondary N) is 2. The number of nitrogens with zero attached hydrogens (tertiary/aromatic N) is 2. The molecule has 2 N–H and O–H groups in total. The van der Waals surface area contributed by atoms with Gasteiger partial charge in [0.05, 0.1) is 23.2 Å². The Bertz CT molecular complexity index is 953. The summed E-state index contributed by atoms with van der Waals surface area (Å²) in [5.74, 6) is -0.597. The lowest BCUT2D eigenvalue weighted by Gasteiger charge is -2.70. The normalized spacial score (nSPS) is 28.5. The third-order valence-electron chi connectivity index (χ3n) is 6.03. The maximum atomic E-state index is 13.0. The van der Waals surface area contributed by atoms with Crippen LogP contribution in [-0.4, -0.2) is 50.2 Å². The number of benzene rings is 1. The highest BCUT2D eigenvalue weighted by Gasteiger charge is 2.79. The number of amides is 1. The van der Waals surface area contributed by atoms with Crippen molar-refractivity contribution in [1.82, 2.24) is 9.62 Å². The van der Waals surface area contributed by atoms with Gasteiger partial charge >= 0.3 is 16.4 Å². The molecule has 2 bridgehead atoms. The van der Waals surface area contributed by atoms with Crippen LogP contribution in [0.1, 0.15) is 41.6 Å². The molecule has 0 radical (unpaired) electrons. The fourth-order valence-electron chi connectivity index (χ4n) is 4.36. The van der Waals surface area contributed by atoms with E-state index in [1.54, 1.807) is 6.07 Å². The first kappa shape index (κ1) is 20.1. The predicted octanol–water partition coefficient (Wildman–Crippen LogP) is 2.46. The van der Waals surface area contributed by atoms with Gasteiger partial charge in [0.25, 0.3) is 5.91 Å². The molecule has 1 heterocycles. The van der Waals surface area contributed by atoms with Crippen LogP contribution in [0.5, 0.6) is 0 Å². The predicted molar refractivity (Wildman–Crippen MR) is 101 cm³/mol. The van der Waals surface area contributed by atoms with E-state index in [1.165, 1.54) is 16.4 Å². The van der Waals surface area contributed by atoms with Crippen molar-refractivity contribution in [2.24, 2.45) is 10.4 Å². The van der Waals surface area contributed by atoms with Gasteiger partial charge in [-0.25, -0.2) is 0 Å². The largest absolute Gasteiger partial charge is 0.394 e. The molecule has 1 aromatic rings. The van der Waals surface area contributed by atoms with Crippen molar-refractivity contribution in [3.05, 3.63) is 29.3 Å². The summed E-state index contributed by atoms with van der Waals surface area (Å²) in [5, 5.41) is 2.68. The van der Waals surface area contributed by atoms with E-state index in [1.807, 2.05) is 0 Å². The van der Waals surface area contributed by atoms with E-state index in [9.17, 15) is 26.4 Å². The summed E-state index contributed by atoms with van der Waals surface area (Å²) in [7, 11) is -3.81. The van der Waals surface area contributed by atoms with Crippen molar-refractivity contribution in [1.29, 1.82) is 0 Å². The van der Waals surface area contributed by atoms with Gasteiger partial charge in [-0.1, -0.05) is 6.07 Å². The minimum atomic E-state index is -4.27. The SMILES string of the molecule is C=NCc1ccc(C(=O)NC23CC(C(F)(F)F)(C2)C3)c(NS(=O)(=O)N2CCC2)c1. The number of aliphatic imine (C=N–C) groups is 1. The minimum absolute atomic E-state index is 0.0627. The average molecular weight is 430 g/mol. The van der Waals surface area contributed by atoms with Crippen molar-refractivity contribution in [3.8, 4) is 0 Å². The van der Waals surface area contributed by atoms with Gasteiger partial charge in [0.2, 0.25) is 0 Å². The molecule has 158 valence electrons. The Labute approximate surface area is 166 Å². The average Bonchev–Trinajstić information content (AvgIpc) is 2.45. The van der Waals surface area contributed by atoms with Crippen molar-refractivity contribution < 1.29 is 26.4 Å². The van der Waals surface area contributed by atoms with Gasteiger partial charge < -0.3 is 5.32 Å². The highest BCUT2D eigenvalue weighted by Crippen LogP contribution is 2.73. The van der Waals surface area contributed by atoms with E-state index in [-0.39, 0.29) is 37.1 Å². The summed E-state index contributed by atoms with van der Waals surface area (Å²) in [5.41, 5.74) is -1.75. The van der Waals surface area contributed by atoms with Crippen molar-refractivity contribution >= 4 is 28.5 Å². The Morgan fingerprint density at radius 3 is 2.41 bits per heavy atom. The van der Waals surface area contributed by atoms with Gasteiger partial charge in [-0.15, -0.1) is 0 Å². The molecule has 0 unspecified atom stereocenters. The van der Waals surface area contributed by atoms with Crippen molar-refractivity contribution in [2.75, 3.05) is 17.8 Å². The quantitative estimate of drug-likeness (QED) is 0.651. The summed E-state index contributed by atoms with van der Waals surface area (Å²) < 4.78 is 67.7. The summed E-state index contributed by atoms with van der Waals surface area (Å²) in [6.45, 7) is 4.43. The van der Waals surface area contributed by atoms with Gasteiger partial charge in [-0.05, 0) is 50.1 Å². The lowest BCUT2D eigenvalue weighted by atomic mass is 9.39. The Morgan fingerprint density at radius 2 is 1.90 bits per heavy atom. The Kier molecular flexibility index (Phi) is 4.47. The van der Waals surface area contributed by atoms with Crippen LogP contribution >= 0.6 is 0 Å². The molecule has 0 aromatic heterocycles. The summed E-state index contributed by atoms with van der Waals surface area (Å²) in [6.07, 6.45) is -3.91. The number of carbonyl (C=O) groups is 1. The summed E-state index contributed by atoms with van der Waals surface area (Å²) in [6, 6.07) is 4.57. The molecule has 1 saturated heterocycles. The molecular formula is C18H21F3N4O3S. The van der Waals surface area contributed by atoms with Gasteiger partial charge in [-0.3, -0.25) is 14.5 Å². The van der Waals surface area contributed by atoms with Crippen molar-refractivity contribution in [2.45, 2.75) is 43.9 Å². The Hall–Kier alpha value is -2.14. The highest BCUT2D eigenvalue weighted by molar-refractivity contribution is 7.90. The van der Waals surface area contributed by atoms with Gasteiger partial charge in [0.1, 0.15) is 0 Å². The van der Waals surface area contributed by atoms with E-state index in [4.69, 9.17) is 0 Å². The standard InChI is InChI=1S/C18H21F3N4O3S/c1-22-8-12-3-4-13(14(7-12)24-29(27,28)25-5-2-6-25)15(26)23-17-9-16(10-17,11-17)18(19,20)21/h3-4,7,24H,1-2,5-6,8-11H2,(H,23,26). The number of anilines is 1. The zero-order chi connectivity index (χ0) is 21.1. The zero-order valence-corrected chi connectivity index (χ0v) is 16.4. The number of carbonyl (C=O) groups excluding carboxylic acids is 1. The number of hydrogen-bond donors (Lipinski definition) is 2. The number of rotatable bonds is 7. The van der Waals surface area contributed by atoms with E-state index >= 15 is 0 Å². The molecule has 0 atom stereocenters. The molecule has 11 heteroatoms. The lowest BCUT2D eigenvalue weighted by Crippen LogP contribution is -2.78. The molecule has 1 amide bonds. The summed E-state index contributed by atoms with van der Waals surface area (Å²) >= 11 is 0. The fourth-order valence-corrected chi connectivity index (χ4v) is 5.68. The van der Waals surface area contributed by atoms with Gasteiger partial charge in [-0.2, -0.15) is 25.9 Å². The third kappa shape index (κ3) is 3.29. The topological polar surface area (TPSA) is 90.9 Å². The maximum absolute atomic E-state index is 13.0. The molecule has 3 aliphatic carbocycles. The van der Waals surface area contributed by atoms with Crippen LogP contribution in [0.4, 0.5) is 18.9 Å². The molecule has 4 fully saturated rings. The fraction of sp³-hybridized carbons (Fsp3) is 0.556. The van der Waals surface area contributed by atoms with Gasteiger partial charge in [0, 0.05) is 18.6 Å². The van der Waals surface area contributed by atoms with Crippen molar-refractivity contribution in [3.63, 3.8) is 0 Å².